The maximum Gasteiger partial charge on any atom is 0.00813 e. The summed E-state index contributed by atoms with van der Waals surface area (Å²) in [6.07, 6.45) is 17.6. The van der Waals surface area contributed by atoms with E-state index >= 15 is 0 Å². The summed E-state index contributed by atoms with van der Waals surface area (Å²) in [6.45, 7) is 4.93. The highest BCUT2D eigenvalue weighted by Crippen LogP contribution is 2.73. The summed E-state index contributed by atoms with van der Waals surface area (Å²) in [4.78, 5) is 0. The number of hydrogen-bond donors (Lipinski definition) is 0. The van der Waals surface area contributed by atoms with Gasteiger partial charge in [0.2, 0.25) is 0 Å². The largest absolute Gasteiger partial charge is 0.0876 e. The summed E-state index contributed by atoms with van der Waals surface area (Å²) in [5, 5.41) is 0. The average molecular weight is 212 g/mol. The third-order valence-corrected chi connectivity index (χ3v) is 6.30. The van der Waals surface area contributed by atoms with Gasteiger partial charge in [0.25, 0.3) is 0 Å². The summed E-state index contributed by atoms with van der Waals surface area (Å²) in [5.41, 5.74) is 1.01. The molecule has 0 N–H and O–H groups in total. The first-order valence-electron chi connectivity index (χ1n) is 6.75. The van der Waals surface area contributed by atoms with Crippen LogP contribution in [0.4, 0.5) is 0 Å². The molecule has 5 aliphatic rings. The fourth-order valence-corrected chi connectivity index (χ4v) is 5.22. The van der Waals surface area contributed by atoms with Crippen molar-refractivity contribution in [1.82, 2.24) is 0 Å². The molecule has 5 aliphatic carbocycles. The molecule has 0 unspecified atom stereocenters. The number of hydrogen-bond acceptors (Lipinski definition) is 0. The second-order valence-electron chi connectivity index (χ2n) is 6.45. The summed E-state index contributed by atoms with van der Waals surface area (Å²) < 4.78 is 0. The molecule has 0 aromatic rings. The van der Waals surface area contributed by atoms with Gasteiger partial charge in [-0.2, -0.15) is 0 Å². The van der Waals surface area contributed by atoms with Crippen molar-refractivity contribution in [2.24, 2.45) is 34.5 Å². The minimum absolute atomic E-state index is 0.507. The highest BCUT2D eigenvalue weighted by Gasteiger charge is 2.67. The topological polar surface area (TPSA) is 0 Å². The molecule has 1 fully saturated rings. The molecule has 0 heteroatoms. The summed E-state index contributed by atoms with van der Waals surface area (Å²) in [6, 6.07) is 0. The SMILES string of the molecule is C[C@@H]1[C@H](C)[C@H]2C=C[C@H]1[C@@]13C=C[C@@]21CC=CC3. The summed E-state index contributed by atoms with van der Waals surface area (Å²) in [7, 11) is 0. The van der Waals surface area contributed by atoms with Gasteiger partial charge in [0.05, 0.1) is 0 Å². The van der Waals surface area contributed by atoms with Crippen LogP contribution in [-0.2, 0) is 0 Å². The summed E-state index contributed by atoms with van der Waals surface area (Å²) in [5.74, 6) is 3.31. The van der Waals surface area contributed by atoms with Crippen LogP contribution in [0, 0.1) is 34.5 Å². The van der Waals surface area contributed by atoms with E-state index in [0.29, 0.717) is 10.8 Å². The Balaban J connectivity index is 1.94. The van der Waals surface area contributed by atoms with Gasteiger partial charge in [-0.3, -0.25) is 0 Å². The van der Waals surface area contributed by atoms with Gasteiger partial charge in [-0.1, -0.05) is 50.3 Å². The van der Waals surface area contributed by atoms with E-state index in [-0.39, 0.29) is 0 Å². The molecule has 84 valence electrons. The fourth-order valence-electron chi connectivity index (χ4n) is 5.22. The van der Waals surface area contributed by atoms with Gasteiger partial charge in [0.1, 0.15) is 0 Å². The quantitative estimate of drug-likeness (QED) is 0.533. The molecule has 0 heterocycles. The Morgan fingerprint density at radius 3 is 1.62 bits per heavy atom. The lowest BCUT2D eigenvalue weighted by Gasteiger charge is -2.70. The van der Waals surface area contributed by atoms with Gasteiger partial charge >= 0.3 is 0 Å². The van der Waals surface area contributed by atoms with Gasteiger partial charge in [0.15, 0.2) is 0 Å². The predicted octanol–water partition coefficient (Wildman–Crippen LogP) is 3.97. The molecule has 6 atom stereocenters. The smallest absolute Gasteiger partial charge is 0.00813 e. The molecular formula is C16H20. The lowest BCUT2D eigenvalue weighted by atomic mass is 9.33. The van der Waals surface area contributed by atoms with E-state index in [9.17, 15) is 0 Å². The van der Waals surface area contributed by atoms with E-state index in [1.807, 2.05) is 0 Å². The Labute approximate surface area is 98.1 Å². The minimum Gasteiger partial charge on any atom is -0.0876 e. The van der Waals surface area contributed by atoms with Gasteiger partial charge in [-0.25, -0.2) is 0 Å². The van der Waals surface area contributed by atoms with Crippen molar-refractivity contribution in [3.63, 3.8) is 0 Å². The molecule has 5 rings (SSSR count). The molecule has 2 bridgehead atoms. The van der Waals surface area contributed by atoms with Crippen molar-refractivity contribution in [2.45, 2.75) is 26.7 Å². The predicted molar refractivity (Wildman–Crippen MR) is 66.8 cm³/mol. The monoisotopic (exact) mass is 212 g/mol. The van der Waals surface area contributed by atoms with Crippen molar-refractivity contribution in [3.8, 4) is 0 Å². The Bertz CT molecular complexity index is 387. The Hall–Kier alpha value is -0.780. The van der Waals surface area contributed by atoms with Crippen LogP contribution in [0.2, 0.25) is 0 Å². The van der Waals surface area contributed by atoms with E-state index in [4.69, 9.17) is 0 Å². The van der Waals surface area contributed by atoms with Gasteiger partial charge in [-0.05, 0) is 36.5 Å². The molecule has 1 saturated carbocycles. The van der Waals surface area contributed by atoms with Gasteiger partial charge in [0, 0.05) is 10.8 Å². The third-order valence-electron chi connectivity index (χ3n) is 6.30. The highest BCUT2D eigenvalue weighted by atomic mass is 14.7. The van der Waals surface area contributed by atoms with Gasteiger partial charge < -0.3 is 0 Å². The van der Waals surface area contributed by atoms with E-state index in [0.717, 1.165) is 23.7 Å². The maximum atomic E-state index is 2.54. The van der Waals surface area contributed by atoms with Crippen molar-refractivity contribution >= 4 is 0 Å². The van der Waals surface area contributed by atoms with Crippen molar-refractivity contribution in [2.75, 3.05) is 0 Å². The fraction of sp³-hybridized carbons (Fsp3) is 0.625. The molecule has 16 heavy (non-hydrogen) atoms. The van der Waals surface area contributed by atoms with Crippen LogP contribution in [0.3, 0.4) is 0 Å². The zero-order chi connectivity index (χ0) is 11.0. The lowest BCUT2D eigenvalue weighted by Crippen LogP contribution is -2.64. The molecule has 0 aromatic heterocycles. The zero-order valence-electron chi connectivity index (χ0n) is 10.2. The highest BCUT2D eigenvalue weighted by molar-refractivity contribution is 5.42. The molecule has 0 spiro atoms. The van der Waals surface area contributed by atoms with Crippen molar-refractivity contribution in [3.05, 3.63) is 36.5 Å². The number of rotatable bonds is 0. The second-order valence-corrected chi connectivity index (χ2v) is 6.45. The van der Waals surface area contributed by atoms with Crippen LogP contribution in [0.5, 0.6) is 0 Å². The van der Waals surface area contributed by atoms with Crippen LogP contribution in [0.25, 0.3) is 0 Å². The molecular weight excluding hydrogens is 192 g/mol. The summed E-state index contributed by atoms with van der Waals surface area (Å²) >= 11 is 0. The lowest BCUT2D eigenvalue weighted by molar-refractivity contribution is -0.103. The molecule has 0 aromatic carbocycles. The van der Waals surface area contributed by atoms with Crippen molar-refractivity contribution in [1.29, 1.82) is 0 Å². The van der Waals surface area contributed by atoms with Crippen molar-refractivity contribution < 1.29 is 0 Å². The van der Waals surface area contributed by atoms with Gasteiger partial charge in [-0.15, -0.1) is 0 Å². The van der Waals surface area contributed by atoms with Crippen LogP contribution >= 0.6 is 0 Å². The molecule has 0 saturated heterocycles. The van der Waals surface area contributed by atoms with E-state index in [1.165, 1.54) is 12.8 Å². The van der Waals surface area contributed by atoms with Crippen LogP contribution < -0.4 is 0 Å². The Morgan fingerprint density at radius 2 is 1.25 bits per heavy atom. The first kappa shape index (κ1) is 9.27. The van der Waals surface area contributed by atoms with Crippen LogP contribution in [-0.4, -0.2) is 0 Å². The van der Waals surface area contributed by atoms with Crippen LogP contribution in [0.1, 0.15) is 26.7 Å². The van der Waals surface area contributed by atoms with Crippen LogP contribution in [0.15, 0.2) is 36.5 Å². The maximum absolute atomic E-state index is 2.54. The first-order valence-corrected chi connectivity index (χ1v) is 6.75. The average Bonchev–Trinajstić information content (AvgIpc) is 2.27. The first-order chi connectivity index (χ1) is 7.71. The molecule has 0 amide bonds. The normalized spacial score (nSPS) is 60.4. The zero-order valence-corrected chi connectivity index (χ0v) is 10.2. The second kappa shape index (κ2) is 2.55. The molecule has 0 nitrogen and oxygen atoms in total. The minimum atomic E-state index is 0.507. The molecule has 0 aliphatic heterocycles. The Kier molecular flexibility index (Phi) is 1.48. The van der Waals surface area contributed by atoms with E-state index in [2.05, 4.69) is 50.3 Å². The van der Waals surface area contributed by atoms with E-state index < -0.39 is 0 Å². The standard InChI is InChI=1S/C16H20/c1-11-12(2)14-6-5-13(11)15-7-3-4-8-16(14,15)10-9-15/h3-6,9-14H,7-8H2,1-2H3/t11-,12+,13-,14-,15-,16+/m1/s1. The molecule has 0 radical (unpaired) electrons. The Morgan fingerprint density at radius 1 is 0.812 bits per heavy atom. The third kappa shape index (κ3) is 0.697. The van der Waals surface area contributed by atoms with E-state index in [1.54, 1.807) is 0 Å². The number of fused-ring (bicyclic) bond motifs is 1. The number of allylic oxidation sites excluding steroid dienone is 6.